The van der Waals surface area contributed by atoms with Crippen molar-refractivity contribution >= 4 is 34.8 Å². The van der Waals surface area contributed by atoms with E-state index < -0.39 is 17.9 Å². The van der Waals surface area contributed by atoms with Crippen LogP contribution in [0.5, 0.6) is 0 Å². The molecule has 2 aliphatic rings. The Kier molecular flexibility index (Phi) is 6.31. The third-order valence-corrected chi connectivity index (χ3v) is 6.12. The minimum Gasteiger partial charge on any atom is -0.490 e. The molecular formula is C21H22F3NO3S. The van der Waals surface area contributed by atoms with Crippen molar-refractivity contribution < 1.29 is 27.4 Å². The van der Waals surface area contributed by atoms with E-state index in [-0.39, 0.29) is 24.5 Å². The molecule has 1 aromatic carbocycles. The number of benzene rings is 1. The molecule has 29 heavy (non-hydrogen) atoms. The Morgan fingerprint density at radius 3 is 2.72 bits per heavy atom. The molecule has 0 bridgehead atoms. The van der Waals surface area contributed by atoms with Gasteiger partial charge >= 0.3 is 12.0 Å². The second-order valence-corrected chi connectivity index (χ2v) is 7.54. The van der Waals surface area contributed by atoms with Gasteiger partial charge in [0.1, 0.15) is 6.61 Å². The number of hydrogen-bond donors (Lipinski definition) is 1. The lowest BCUT2D eigenvalue weighted by molar-refractivity contribution is 0.0535. The van der Waals surface area contributed by atoms with Crippen molar-refractivity contribution in [2.24, 2.45) is 5.92 Å². The monoisotopic (exact) mass is 425 g/mol. The first kappa shape index (κ1) is 21.4. The van der Waals surface area contributed by atoms with E-state index >= 15 is 0 Å². The van der Waals surface area contributed by atoms with E-state index in [1.165, 1.54) is 6.92 Å². The van der Waals surface area contributed by atoms with Gasteiger partial charge in [-0.25, -0.2) is 9.18 Å². The molecule has 156 valence electrons. The van der Waals surface area contributed by atoms with E-state index in [2.05, 4.69) is 5.32 Å². The highest BCUT2D eigenvalue weighted by atomic mass is 32.1. The van der Waals surface area contributed by atoms with E-state index in [1.807, 2.05) is 6.08 Å². The average molecular weight is 425 g/mol. The second kappa shape index (κ2) is 8.57. The maximum Gasteiger partial charge on any atom is 0.341 e. The van der Waals surface area contributed by atoms with Crippen molar-refractivity contribution in [3.8, 4) is 0 Å². The van der Waals surface area contributed by atoms with Gasteiger partial charge in [-0.3, -0.25) is 0 Å². The van der Waals surface area contributed by atoms with Crippen LogP contribution < -0.4 is 5.32 Å². The van der Waals surface area contributed by atoms with Gasteiger partial charge in [-0.1, -0.05) is 11.6 Å². The first-order valence-corrected chi connectivity index (χ1v) is 9.70. The normalized spacial score (nSPS) is 19.2. The highest BCUT2D eigenvalue weighted by Gasteiger charge is 2.33. The molecule has 0 saturated heterocycles. The van der Waals surface area contributed by atoms with E-state index in [1.54, 1.807) is 14.2 Å². The van der Waals surface area contributed by atoms with Crippen LogP contribution >= 0.6 is 12.2 Å². The summed E-state index contributed by atoms with van der Waals surface area (Å²) < 4.78 is 51.1. The molecule has 1 aliphatic carbocycles. The molecule has 3 rings (SSSR count). The fourth-order valence-corrected chi connectivity index (χ4v) is 4.36. The van der Waals surface area contributed by atoms with Gasteiger partial charge in [-0.2, -0.15) is 8.78 Å². The Morgan fingerprint density at radius 1 is 1.38 bits per heavy atom. The van der Waals surface area contributed by atoms with Crippen molar-refractivity contribution in [3.63, 3.8) is 0 Å². The van der Waals surface area contributed by atoms with Gasteiger partial charge < -0.3 is 14.8 Å². The number of carbonyl (C=O) groups is 1. The van der Waals surface area contributed by atoms with E-state index in [9.17, 15) is 18.0 Å². The summed E-state index contributed by atoms with van der Waals surface area (Å²) in [6, 6.07) is 0. The number of cyclic esters (lactones) is 1. The van der Waals surface area contributed by atoms with E-state index in [0.717, 1.165) is 24.8 Å². The fraction of sp³-hybridized carbons (Fsp3) is 0.429. The molecule has 1 aliphatic heterocycles. The first-order valence-electron chi connectivity index (χ1n) is 9.30. The highest BCUT2D eigenvalue weighted by Crippen LogP contribution is 2.42. The SMILES string of the molecule is CNc1c(C/C=C2\CCC(C(=S)OC)C2)c(C(F)=C(F)F)c(C)c2c1C(=O)OC2. The predicted molar refractivity (Wildman–Crippen MR) is 109 cm³/mol. The fourth-order valence-electron chi connectivity index (χ4n) is 4.16. The summed E-state index contributed by atoms with van der Waals surface area (Å²) in [5.41, 5.74) is 2.61. The molecule has 0 aromatic heterocycles. The molecule has 0 spiro atoms. The van der Waals surface area contributed by atoms with Gasteiger partial charge in [0.15, 0.2) is 10.9 Å². The smallest absolute Gasteiger partial charge is 0.341 e. The number of ether oxygens (including phenoxy) is 2. The Labute approximate surface area is 172 Å². The van der Waals surface area contributed by atoms with Crippen molar-refractivity contribution in [1.29, 1.82) is 0 Å². The summed E-state index contributed by atoms with van der Waals surface area (Å²) in [7, 11) is 3.12. The zero-order valence-electron chi connectivity index (χ0n) is 16.5. The van der Waals surface area contributed by atoms with Gasteiger partial charge in [0.25, 0.3) is 0 Å². The van der Waals surface area contributed by atoms with Crippen molar-refractivity contribution in [3.05, 3.63) is 45.5 Å². The van der Waals surface area contributed by atoms with Crippen molar-refractivity contribution in [1.82, 2.24) is 0 Å². The van der Waals surface area contributed by atoms with Gasteiger partial charge in [-0.05, 0) is 56.0 Å². The van der Waals surface area contributed by atoms with Crippen LogP contribution in [-0.4, -0.2) is 25.2 Å². The van der Waals surface area contributed by atoms with Crippen LogP contribution in [-0.2, 0) is 22.5 Å². The average Bonchev–Trinajstić information content (AvgIpc) is 3.33. The van der Waals surface area contributed by atoms with Gasteiger partial charge in [-0.15, -0.1) is 0 Å². The maximum absolute atomic E-state index is 14.5. The van der Waals surface area contributed by atoms with Crippen molar-refractivity contribution in [2.75, 3.05) is 19.5 Å². The van der Waals surface area contributed by atoms with Gasteiger partial charge in [0.05, 0.1) is 18.4 Å². The summed E-state index contributed by atoms with van der Waals surface area (Å²) in [4.78, 5) is 12.2. The van der Waals surface area contributed by atoms with Gasteiger partial charge in [0, 0.05) is 24.1 Å². The Morgan fingerprint density at radius 2 is 2.10 bits per heavy atom. The minimum absolute atomic E-state index is 0.0552. The molecule has 8 heteroatoms. The molecule has 1 saturated carbocycles. The van der Waals surface area contributed by atoms with Crippen LogP contribution in [0, 0.1) is 12.8 Å². The molecular weight excluding hydrogens is 403 g/mol. The van der Waals surface area contributed by atoms with Crippen LogP contribution in [0.1, 0.15) is 51.9 Å². The Bertz CT molecular complexity index is 936. The molecule has 1 unspecified atom stereocenters. The summed E-state index contributed by atoms with van der Waals surface area (Å²) in [5.74, 6) is -1.97. The summed E-state index contributed by atoms with van der Waals surface area (Å²) in [6.07, 6.45) is 2.11. The summed E-state index contributed by atoms with van der Waals surface area (Å²) >= 11 is 5.20. The predicted octanol–water partition coefficient (Wildman–Crippen LogP) is 5.48. The van der Waals surface area contributed by atoms with Crippen LogP contribution in [0.25, 0.3) is 5.83 Å². The zero-order valence-corrected chi connectivity index (χ0v) is 17.3. The molecule has 0 radical (unpaired) electrons. The number of thiocarbonyl (C=S) groups is 1. The lowest BCUT2D eigenvalue weighted by atomic mass is 9.88. The molecule has 1 aromatic rings. The zero-order chi connectivity index (χ0) is 21.3. The maximum atomic E-state index is 14.5. The van der Waals surface area contributed by atoms with Crippen molar-refractivity contribution in [2.45, 2.75) is 39.2 Å². The van der Waals surface area contributed by atoms with Crippen LogP contribution in [0.15, 0.2) is 17.7 Å². The lowest BCUT2D eigenvalue weighted by Gasteiger charge is -2.19. The number of rotatable bonds is 5. The number of anilines is 1. The van der Waals surface area contributed by atoms with E-state index in [4.69, 9.17) is 21.7 Å². The topological polar surface area (TPSA) is 47.6 Å². The molecule has 0 amide bonds. The van der Waals surface area contributed by atoms with Crippen LogP contribution in [0.3, 0.4) is 0 Å². The number of halogens is 3. The Balaban J connectivity index is 2.08. The third-order valence-electron chi connectivity index (χ3n) is 5.62. The van der Waals surface area contributed by atoms with Crippen LogP contribution in [0.4, 0.5) is 18.9 Å². The number of carbonyl (C=O) groups excluding carboxylic acids is 1. The van der Waals surface area contributed by atoms with Gasteiger partial charge in [0.2, 0.25) is 0 Å². The lowest BCUT2D eigenvalue weighted by Crippen LogP contribution is -2.10. The molecule has 1 atom stereocenters. The quantitative estimate of drug-likeness (QED) is 0.384. The number of hydrogen-bond acceptors (Lipinski definition) is 5. The Hall–Kier alpha value is -2.35. The minimum atomic E-state index is -2.39. The number of fused-ring (bicyclic) bond motifs is 1. The highest BCUT2D eigenvalue weighted by molar-refractivity contribution is 7.80. The molecule has 1 N–H and O–H groups in total. The van der Waals surface area contributed by atoms with E-state index in [0.29, 0.717) is 33.0 Å². The standard InChI is InChI=1S/C21H22F3NO3S/c1-10-14-9-28-20(26)16(14)18(25-2)13(15(10)17(22)19(23)24)7-5-11-4-6-12(8-11)21(29)27-3/h5,12,25H,4,6-9H2,1-3H3/b11-5+. The molecule has 4 nitrogen and oxygen atoms in total. The largest absolute Gasteiger partial charge is 0.490 e. The molecule has 1 fully saturated rings. The number of esters is 1. The third kappa shape index (κ3) is 3.90. The number of allylic oxidation sites excluding steroid dienone is 2. The first-order chi connectivity index (χ1) is 13.8. The summed E-state index contributed by atoms with van der Waals surface area (Å²) in [6.45, 7) is 1.48. The molecule has 1 heterocycles. The van der Waals surface area contributed by atoms with Crippen LogP contribution in [0.2, 0.25) is 0 Å². The summed E-state index contributed by atoms with van der Waals surface area (Å²) in [5, 5.41) is 3.44. The number of nitrogens with one attached hydrogen (secondary N) is 1. The number of methoxy groups -OCH3 is 1. The second-order valence-electron chi connectivity index (χ2n) is 7.14.